The number of rotatable bonds is 6. The molecule has 1 heterocycles. The van der Waals surface area contributed by atoms with Gasteiger partial charge >= 0.3 is 6.09 Å². The number of hydrogen-bond donors (Lipinski definition) is 2. The van der Waals surface area contributed by atoms with E-state index in [9.17, 15) is 18.8 Å². The number of ether oxygens (including phenoxy) is 1. The van der Waals surface area contributed by atoms with E-state index in [2.05, 4.69) is 10.6 Å². The van der Waals surface area contributed by atoms with Crippen molar-refractivity contribution in [3.05, 3.63) is 35.6 Å². The molecule has 1 saturated heterocycles. The Morgan fingerprint density at radius 1 is 1.14 bits per heavy atom. The lowest BCUT2D eigenvalue weighted by Crippen LogP contribution is -2.46. The van der Waals surface area contributed by atoms with Gasteiger partial charge in [0.05, 0.1) is 6.42 Å². The summed E-state index contributed by atoms with van der Waals surface area (Å²) in [4.78, 5) is 37.6. The molecule has 29 heavy (non-hydrogen) atoms. The van der Waals surface area contributed by atoms with E-state index in [4.69, 9.17) is 4.74 Å². The summed E-state index contributed by atoms with van der Waals surface area (Å²) in [5.74, 6) is -0.482. The number of carbonyl (C=O) groups is 3. The van der Waals surface area contributed by atoms with Crippen LogP contribution in [0.3, 0.4) is 0 Å². The first-order chi connectivity index (χ1) is 13.6. The Hall–Kier alpha value is -2.64. The van der Waals surface area contributed by atoms with Crippen LogP contribution in [0.1, 0.15) is 39.2 Å². The first-order valence-corrected chi connectivity index (χ1v) is 9.89. The maximum absolute atomic E-state index is 13.6. The third kappa shape index (κ3) is 8.09. The highest BCUT2D eigenvalue weighted by atomic mass is 19.1. The molecule has 1 aromatic rings. The van der Waals surface area contributed by atoms with E-state index in [-0.39, 0.29) is 36.5 Å². The van der Waals surface area contributed by atoms with Gasteiger partial charge in [-0.1, -0.05) is 18.2 Å². The number of nitrogens with zero attached hydrogens (tertiary/aromatic N) is 1. The van der Waals surface area contributed by atoms with Crippen LogP contribution in [0.4, 0.5) is 9.18 Å². The minimum absolute atomic E-state index is 0.0142. The monoisotopic (exact) mass is 407 g/mol. The highest BCUT2D eigenvalue weighted by Crippen LogP contribution is 2.16. The van der Waals surface area contributed by atoms with E-state index in [1.807, 2.05) is 0 Å². The molecule has 7 nitrogen and oxygen atoms in total. The zero-order valence-electron chi connectivity index (χ0n) is 17.3. The third-order valence-corrected chi connectivity index (χ3v) is 4.65. The van der Waals surface area contributed by atoms with Crippen LogP contribution in [0.15, 0.2) is 24.3 Å². The van der Waals surface area contributed by atoms with Crippen molar-refractivity contribution >= 4 is 17.9 Å². The minimum Gasteiger partial charge on any atom is -0.444 e. The lowest BCUT2D eigenvalue weighted by Gasteiger charge is -2.32. The molecule has 0 aliphatic carbocycles. The van der Waals surface area contributed by atoms with Crippen molar-refractivity contribution in [2.24, 2.45) is 5.92 Å². The van der Waals surface area contributed by atoms with E-state index in [1.165, 1.54) is 6.07 Å². The third-order valence-electron chi connectivity index (χ3n) is 4.65. The van der Waals surface area contributed by atoms with Crippen molar-refractivity contribution in [3.63, 3.8) is 0 Å². The van der Waals surface area contributed by atoms with E-state index in [1.54, 1.807) is 43.9 Å². The first kappa shape index (κ1) is 22.6. The Morgan fingerprint density at radius 2 is 1.79 bits per heavy atom. The first-order valence-electron chi connectivity index (χ1n) is 9.89. The van der Waals surface area contributed by atoms with Gasteiger partial charge in [0.15, 0.2) is 0 Å². The molecule has 1 fully saturated rings. The van der Waals surface area contributed by atoms with Gasteiger partial charge in [-0.15, -0.1) is 0 Å². The van der Waals surface area contributed by atoms with Crippen molar-refractivity contribution < 1.29 is 23.5 Å². The predicted octanol–water partition coefficient (Wildman–Crippen LogP) is 2.25. The fourth-order valence-electron chi connectivity index (χ4n) is 3.10. The van der Waals surface area contributed by atoms with Crippen LogP contribution in [0.2, 0.25) is 0 Å². The second-order valence-corrected chi connectivity index (χ2v) is 8.25. The summed E-state index contributed by atoms with van der Waals surface area (Å²) in [6.07, 6.45) is 0.926. The van der Waals surface area contributed by atoms with Crippen LogP contribution in [0.25, 0.3) is 0 Å². The van der Waals surface area contributed by atoms with Crippen LogP contribution in [0, 0.1) is 11.7 Å². The molecule has 3 amide bonds. The average molecular weight is 407 g/mol. The summed E-state index contributed by atoms with van der Waals surface area (Å²) in [6, 6.07) is 6.24. The minimum atomic E-state index is -0.613. The number of carbonyl (C=O) groups excluding carboxylic acids is 3. The van der Waals surface area contributed by atoms with Gasteiger partial charge in [-0.3, -0.25) is 9.59 Å². The molecular formula is C21H30FN3O4. The maximum Gasteiger partial charge on any atom is 0.408 e. The van der Waals surface area contributed by atoms with Gasteiger partial charge in [-0.25, -0.2) is 9.18 Å². The summed E-state index contributed by atoms with van der Waals surface area (Å²) >= 11 is 0. The zero-order chi connectivity index (χ0) is 21.4. The average Bonchev–Trinajstić information content (AvgIpc) is 2.65. The number of piperidine rings is 1. The SMILES string of the molecule is CC(C)(C)OC(=O)NCC(=O)N1CCC(CNC(=O)Cc2ccccc2F)CC1. The summed E-state index contributed by atoms with van der Waals surface area (Å²) in [5.41, 5.74) is -0.231. The van der Waals surface area contributed by atoms with Crippen LogP contribution >= 0.6 is 0 Å². The van der Waals surface area contributed by atoms with Gasteiger partial charge in [0.2, 0.25) is 11.8 Å². The summed E-state index contributed by atoms with van der Waals surface area (Å²) in [6.45, 7) is 6.83. The molecule has 160 valence electrons. The molecule has 0 bridgehead atoms. The second-order valence-electron chi connectivity index (χ2n) is 8.25. The Bertz CT molecular complexity index is 725. The normalized spacial score (nSPS) is 15.0. The summed E-state index contributed by atoms with van der Waals surface area (Å²) in [5, 5.41) is 5.33. The summed E-state index contributed by atoms with van der Waals surface area (Å²) < 4.78 is 18.7. The van der Waals surface area contributed by atoms with E-state index in [0.29, 0.717) is 25.2 Å². The number of amides is 3. The molecule has 2 rings (SSSR count). The van der Waals surface area contributed by atoms with Crippen molar-refractivity contribution in [1.82, 2.24) is 15.5 Å². The van der Waals surface area contributed by atoms with E-state index in [0.717, 1.165) is 12.8 Å². The van der Waals surface area contributed by atoms with Crippen molar-refractivity contribution in [1.29, 1.82) is 0 Å². The Morgan fingerprint density at radius 3 is 2.41 bits per heavy atom. The number of halogens is 1. The quantitative estimate of drug-likeness (QED) is 0.757. The van der Waals surface area contributed by atoms with Crippen molar-refractivity contribution in [2.45, 2.75) is 45.6 Å². The largest absolute Gasteiger partial charge is 0.444 e. The number of alkyl carbamates (subject to hydrolysis) is 1. The molecule has 0 saturated carbocycles. The number of likely N-dealkylation sites (tertiary alicyclic amines) is 1. The molecule has 0 spiro atoms. The highest BCUT2D eigenvalue weighted by molar-refractivity contribution is 5.82. The van der Waals surface area contributed by atoms with E-state index >= 15 is 0 Å². The van der Waals surface area contributed by atoms with Crippen molar-refractivity contribution in [3.8, 4) is 0 Å². The van der Waals surface area contributed by atoms with Crippen molar-refractivity contribution in [2.75, 3.05) is 26.2 Å². The molecule has 0 unspecified atom stereocenters. The van der Waals surface area contributed by atoms with Gasteiger partial charge in [0.25, 0.3) is 0 Å². The molecular weight excluding hydrogens is 377 g/mol. The molecule has 2 N–H and O–H groups in total. The molecule has 1 aliphatic heterocycles. The Labute approximate surface area is 171 Å². The zero-order valence-corrected chi connectivity index (χ0v) is 17.3. The lowest BCUT2D eigenvalue weighted by molar-refractivity contribution is -0.131. The van der Waals surface area contributed by atoms with Gasteiger partial charge in [-0.05, 0) is 51.2 Å². The lowest BCUT2D eigenvalue weighted by atomic mass is 9.96. The Balaban J connectivity index is 1.65. The second kappa shape index (κ2) is 10.2. The molecule has 8 heteroatoms. The van der Waals surface area contributed by atoms with Gasteiger partial charge in [-0.2, -0.15) is 0 Å². The van der Waals surface area contributed by atoms with Gasteiger partial charge in [0.1, 0.15) is 18.0 Å². The fraction of sp³-hybridized carbons (Fsp3) is 0.571. The predicted molar refractivity (Wildman–Crippen MR) is 107 cm³/mol. The van der Waals surface area contributed by atoms with E-state index < -0.39 is 11.7 Å². The van der Waals surface area contributed by atoms with Crippen LogP contribution in [0.5, 0.6) is 0 Å². The number of nitrogens with one attached hydrogen (secondary N) is 2. The van der Waals surface area contributed by atoms with Crippen LogP contribution in [-0.4, -0.2) is 54.6 Å². The smallest absolute Gasteiger partial charge is 0.408 e. The van der Waals surface area contributed by atoms with Gasteiger partial charge < -0.3 is 20.3 Å². The van der Waals surface area contributed by atoms with Crippen LogP contribution < -0.4 is 10.6 Å². The molecule has 1 aromatic carbocycles. The highest BCUT2D eigenvalue weighted by Gasteiger charge is 2.24. The van der Waals surface area contributed by atoms with Crippen LogP contribution in [-0.2, 0) is 20.7 Å². The molecule has 0 radical (unpaired) electrons. The number of benzene rings is 1. The maximum atomic E-state index is 13.6. The van der Waals surface area contributed by atoms with Gasteiger partial charge in [0, 0.05) is 19.6 Å². The molecule has 0 aromatic heterocycles. The molecule has 1 aliphatic rings. The Kier molecular flexibility index (Phi) is 7.99. The standard InChI is InChI=1S/C21H30FN3O4/c1-21(2,3)29-20(28)24-14-19(27)25-10-8-15(9-11-25)13-23-18(26)12-16-6-4-5-7-17(16)22/h4-7,15H,8-14H2,1-3H3,(H,23,26)(H,24,28). The summed E-state index contributed by atoms with van der Waals surface area (Å²) in [7, 11) is 0. The fourth-order valence-corrected chi connectivity index (χ4v) is 3.10. The number of hydrogen-bond acceptors (Lipinski definition) is 4. The molecule has 0 atom stereocenters. The topological polar surface area (TPSA) is 87.7 Å².